The van der Waals surface area contributed by atoms with E-state index in [0.717, 1.165) is 29.0 Å². The van der Waals surface area contributed by atoms with Gasteiger partial charge in [0, 0.05) is 13.1 Å². The van der Waals surface area contributed by atoms with E-state index in [1.807, 2.05) is 38.4 Å². The van der Waals surface area contributed by atoms with E-state index >= 15 is 0 Å². The summed E-state index contributed by atoms with van der Waals surface area (Å²) in [5, 5.41) is 2.66. The highest BCUT2D eigenvalue weighted by atomic mass is 16.5. The fourth-order valence-electron chi connectivity index (χ4n) is 2.06. The normalized spacial score (nSPS) is 10.5. The lowest BCUT2D eigenvalue weighted by atomic mass is 10.0. The molecule has 0 saturated heterocycles. The molecule has 1 N–H and O–H groups in total. The Labute approximate surface area is 131 Å². The average Bonchev–Trinajstić information content (AvgIpc) is 2.54. The average molecular weight is 298 g/mol. The monoisotopic (exact) mass is 298 g/mol. The predicted molar refractivity (Wildman–Crippen MR) is 88.8 cm³/mol. The van der Waals surface area contributed by atoms with Crippen molar-refractivity contribution in [1.29, 1.82) is 0 Å². The maximum Gasteiger partial charge on any atom is 0.207 e. The van der Waals surface area contributed by atoms with Gasteiger partial charge in [0.15, 0.2) is 0 Å². The molecule has 4 heteroatoms. The van der Waals surface area contributed by atoms with Crippen molar-refractivity contribution in [3.05, 3.63) is 54.1 Å². The lowest BCUT2D eigenvalue weighted by molar-refractivity contribution is -0.109. The van der Waals surface area contributed by atoms with E-state index in [0.29, 0.717) is 19.6 Å². The Morgan fingerprint density at radius 3 is 2.14 bits per heavy atom. The molecule has 0 fully saturated rings. The van der Waals surface area contributed by atoms with Gasteiger partial charge < -0.3 is 15.0 Å². The van der Waals surface area contributed by atoms with Gasteiger partial charge in [-0.1, -0.05) is 36.4 Å². The van der Waals surface area contributed by atoms with Gasteiger partial charge in [0.25, 0.3) is 0 Å². The van der Waals surface area contributed by atoms with E-state index < -0.39 is 0 Å². The van der Waals surface area contributed by atoms with Crippen molar-refractivity contribution in [2.24, 2.45) is 0 Å². The molecule has 1 amide bonds. The molecule has 2 aromatic carbocycles. The number of nitrogens with one attached hydrogen (secondary N) is 1. The van der Waals surface area contributed by atoms with Crippen LogP contribution in [0.4, 0.5) is 0 Å². The van der Waals surface area contributed by atoms with Gasteiger partial charge in [-0.05, 0) is 42.9 Å². The number of rotatable bonds is 8. The Kier molecular flexibility index (Phi) is 5.98. The summed E-state index contributed by atoms with van der Waals surface area (Å²) in [4.78, 5) is 12.4. The Morgan fingerprint density at radius 1 is 1.00 bits per heavy atom. The van der Waals surface area contributed by atoms with Gasteiger partial charge >= 0.3 is 0 Å². The molecule has 0 spiro atoms. The molecule has 0 aliphatic rings. The summed E-state index contributed by atoms with van der Waals surface area (Å²) in [6.07, 6.45) is 0.711. The molecule has 0 heterocycles. The number of carbonyl (C=O) groups excluding carboxylic acids is 1. The molecule has 22 heavy (non-hydrogen) atoms. The van der Waals surface area contributed by atoms with Crippen molar-refractivity contribution in [3.8, 4) is 16.9 Å². The maximum absolute atomic E-state index is 10.3. The van der Waals surface area contributed by atoms with Gasteiger partial charge in [-0.3, -0.25) is 4.79 Å². The highest BCUT2D eigenvalue weighted by Gasteiger charge is 2.00. The Balaban J connectivity index is 1.96. The minimum Gasteiger partial charge on any atom is -0.492 e. The summed E-state index contributed by atoms with van der Waals surface area (Å²) in [7, 11) is 4.06. The quantitative estimate of drug-likeness (QED) is 0.762. The second-order valence-corrected chi connectivity index (χ2v) is 5.37. The summed E-state index contributed by atoms with van der Waals surface area (Å²) in [6, 6.07) is 16.3. The molecule has 0 aliphatic heterocycles. The minimum atomic E-state index is 0.558. The van der Waals surface area contributed by atoms with Crippen LogP contribution in [0.1, 0.15) is 5.56 Å². The second kappa shape index (κ2) is 8.20. The Morgan fingerprint density at radius 2 is 1.59 bits per heavy atom. The molecule has 2 rings (SSSR count). The lowest BCUT2D eigenvalue weighted by Gasteiger charge is -2.11. The molecule has 116 valence electrons. The molecule has 0 aromatic heterocycles. The topological polar surface area (TPSA) is 41.6 Å². The molecular weight excluding hydrogens is 276 g/mol. The van der Waals surface area contributed by atoms with Crippen LogP contribution in [-0.4, -0.2) is 38.6 Å². The van der Waals surface area contributed by atoms with Crippen LogP contribution in [0, 0.1) is 0 Å². The highest BCUT2D eigenvalue weighted by molar-refractivity contribution is 5.64. The van der Waals surface area contributed by atoms with Crippen molar-refractivity contribution in [3.63, 3.8) is 0 Å². The third-order valence-electron chi connectivity index (χ3n) is 3.34. The smallest absolute Gasteiger partial charge is 0.207 e. The first-order valence-electron chi connectivity index (χ1n) is 7.33. The first-order valence-corrected chi connectivity index (χ1v) is 7.33. The summed E-state index contributed by atoms with van der Waals surface area (Å²) in [5.41, 5.74) is 3.38. The van der Waals surface area contributed by atoms with E-state index in [1.54, 1.807) is 0 Å². The SMILES string of the molecule is CN(C)CCOc1ccc(-c2ccc(CNC=O)cc2)cc1. The number of likely N-dealkylation sites (N-methyl/N-ethyl adjacent to an activating group) is 1. The molecule has 0 atom stereocenters. The van der Waals surface area contributed by atoms with Gasteiger partial charge in [0.1, 0.15) is 12.4 Å². The van der Waals surface area contributed by atoms with Crippen molar-refractivity contribution >= 4 is 6.41 Å². The van der Waals surface area contributed by atoms with Crippen LogP contribution >= 0.6 is 0 Å². The van der Waals surface area contributed by atoms with Crippen molar-refractivity contribution in [1.82, 2.24) is 10.2 Å². The van der Waals surface area contributed by atoms with Gasteiger partial charge in [0.05, 0.1) is 0 Å². The number of nitrogens with zero attached hydrogens (tertiary/aromatic N) is 1. The van der Waals surface area contributed by atoms with Crippen LogP contribution < -0.4 is 10.1 Å². The van der Waals surface area contributed by atoms with Gasteiger partial charge in [-0.2, -0.15) is 0 Å². The van der Waals surface area contributed by atoms with Crippen LogP contribution in [0.25, 0.3) is 11.1 Å². The van der Waals surface area contributed by atoms with Gasteiger partial charge in [-0.15, -0.1) is 0 Å². The fourth-order valence-corrected chi connectivity index (χ4v) is 2.06. The molecule has 4 nitrogen and oxygen atoms in total. The summed E-state index contributed by atoms with van der Waals surface area (Å²) < 4.78 is 5.69. The van der Waals surface area contributed by atoms with Crippen molar-refractivity contribution < 1.29 is 9.53 Å². The van der Waals surface area contributed by atoms with Gasteiger partial charge in [0.2, 0.25) is 6.41 Å². The zero-order chi connectivity index (χ0) is 15.8. The fraction of sp³-hybridized carbons (Fsp3) is 0.278. The summed E-state index contributed by atoms with van der Waals surface area (Å²) >= 11 is 0. The standard InChI is InChI=1S/C18H22N2O2/c1-20(2)11-12-22-18-9-7-17(8-10-18)16-5-3-15(4-6-16)13-19-14-21/h3-10,14H,11-13H2,1-2H3,(H,19,21). The second-order valence-electron chi connectivity index (χ2n) is 5.37. The van der Waals surface area contributed by atoms with E-state index in [1.165, 1.54) is 0 Å². The van der Waals surface area contributed by atoms with Gasteiger partial charge in [-0.25, -0.2) is 0 Å². The number of amides is 1. The van der Waals surface area contributed by atoms with Crippen molar-refractivity contribution in [2.75, 3.05) is 27.2 Å². The first-order chi connectivity index (χ1) is 10.7. The molecule has 0 unspecified atom stereocenters. The van der Waals surface area contributed by atoms with E-state index in [-0.39, 0.29) is 0 Å². The molecule has 0 aliphatic carbocycles. The Bertz CT molecular complexity index is 577. The van der Waals surface area contributed by atoms with Crippen LogP contribution in [0.15, 0.2) is 48.5 Å². The van der Waals surface area contributed by atoms with Crippen LogP contribution in [0.3, 0.4) is 0 Å². The van der Waals surface area contributed by atoms with Crippen LogP contribution in [0.2, 0.25) is 0 Å². The van der Waals surface area contributed by atoms with E-state index in [9.17, 15) is 4.79 Å². The number of hydrogen-bond donors (Lipinski definition) is 1. The van der Waals surface area contributed by atoms with Crippen molar-refractivity contribution in [2.45, 2.75) is 6.54 Å². The Hall–Kier alpha value is -2.33. The zero-order valence-corrected chi connectivity index (χ0v) is 13.1. The predicted octanol–water partition coefficient (Wildman–Crippen LogP) is 2.54. The molecule has 2 aromatic rings. The van der Waals surface area contributed by atoms with Crippen LogP contribution in [0.5, 0.6) is 5.75 Å². The first kappa shape index (κ1) is 16.0. The summed E-state index contributed by atoms with van der Waals surface area (Å²) in [6.45, 7) is 2.14. The lowest BCUT2D eigenvalue weighted by Crippen LogP contribution is -2.19. The number of ether oxygens (including phenoxy) is 1. The largest absolute Gasteiger partial charge is 0.492 e. The number of carbonyl (C=O) groups is 1. The molecule has 0 saturated carbocycles. The number of hydrogen-bond acceptors (Lipinski definition) is 3. The maximum atomic E-state index is 10.3. The molecule has 0 bridgehead atoms. The highest BCUT2D eigenvalue weighted by Crippen LogP contribution is 2.22. The number of benzene rings is 2. The third-order valence-corrected chi connectivity index (χ3v) is 3.34. The van der Waals surface area contributed by atoms with E-state index in [4.69, 9.17) is 4.74 Å². The molecular formula is C18H22N2O2. The van der Waals surface area contributed by atoms with Crippen LogP contribution in [-0.2, 0) is 11.3 Å². The zero-order valence-electron chi connectivity index (χ0n) is 13.1. The molecule has 0 radical (unpaired) electrons. The van der Waals surface area contributed by atoms with E-state index in [2.05, 4.69) is 34.5 Å². The minimum absolute atomic E-state index is 0.558. The summed E-state index contributed by atoms with van der Waals surface area (Å²) in [5.74, 6) is 0.886. The third kappa shape index (κ3) is 4.90.